The normalized spacial score (nSPS) is 11.7. The molecule has 0 atom stereocenters. The second-order valence-electron chi connectivity index (χ2n) is 6.59. The largest absolute Gasteiger partial charge is 0.344 e. The van der Waals surface area contributed by atoms with Crippen molar-refractivity contribution in [3.8, 4) is 0 Å². The molecule has 7 nitrogen and oxygen atoms in total. The summed E-state index contributed by atoms with van der Waals surface area (Å²) >= 11 is 0. The number of fused-ring (bicyclic) bond motifs is 1. The lowest BCUT2D eigenvalue weighted by Gasteiger charge is -2.20. The van der Waals surface area contributed by atoms with Crippen LogP contribution in [0.25, 0.3) is 10.9 Å². The van der Waals surface area contributed by atoms with Crippen molar-refractivity contribution < 1.29 is 9.32 Å². The molecule has 0 unspecified atom stereocenters. The number of hydrogen-bond acceptors (Lipinski definition) is 5. The molecule has 0 radical (unpaired) electrons. The van der Waals surface area contributed by atoms with Crippen LogP contribution in [0.15, 0.2) is 39.6 Å². The zero-order valence-corrected chi connectivity index (χ0v) is 14.7. The average Bonchev–Trinajstić information content (AvgIpc) is 3.00. The van der Waals surface area contributed by atoms with Crippen LogP contribution in [0.4, 0.5) is 0 Å². The van der Waals surface area contributed by atoms with E-state index in [0.717, 1.165) is 16.5 Å². The van der Waals surface area contributed by atoms with Gasteiger partial charge in [-0.15, -0.1) is 0 Å². The monoisotopic (exact) mass is 340 g/mol. The number of amides is 1. The molecule has 3 rings (SSSR count). The van der Waals surface area contributed by atoms with Gasteiger partial charge in [0.25, 0.3) is 5.56 Å². The van der Waals surface area contributed by atoms with E-state index in [4.69, 9.17) is 4.52 Å². The summed E-state index contributed by atoms with van der Waals surface area (Å²) in [7, 11) is 0. The van der Waals surface area contributed by atoms with E-state index in [2.05, 4.69) is 15.5 Å². The molecule has 25 heavy (non-hydrogen) atoms. The molecule has 0 spiro atoms. The fourth-order valence-electron chi connectivity index (χ4n) is 2.87. The summed E-state index contributed by atoms with van der Waals surface area (Å²) in [4.78, 5) is 28.1. The maximum Gasteiger partial charge on any atom is 0.251 e. The molecule has 2 aromatic heterocycles. The van der Waals surface area contributed by atoms with Crippen molar-refractivity contribution in [3.05, 3.63) is 58.0 Å². The molecule has 3 aromatic rings. The number of nitrogens with one attached hydrogen (secondary N) is 1. The fourth-order valence-corrected chi connectivity index (χ4v) is 2.87. The number of carbonyl (C=O) groups excluding carboxylic acids is 1. The SMILES string of the molecule is CC(=O)NC(C)(C)c1noc(Cn2c(=O)cc(C)c3ccccc32)n1. The predicted octanol–water partition coefficient (Wildman–Crippen LogP) is 2.11. The summed E-state index contributed by atoms with van der Waals surface area (Å²) in [6.07, 6.45) is 0. The van der Waals surface area contributed by atoms with Gasteiger partial charge in [-0.05, 0) is 32.4 Å². The van der Waals surface area contributed by atoms with Crippen molar-refractivity contribution in [1.82, 2.24) is 20.0 Å². The molecule has 2 heterocycles. The number of aryl methyl sites for hydroxylation is 1. The molecule has 0 saturated carbocycles. The number of nitrogens with zero attached hydrogens (tertiary/aromatic N) is 3. The van der Waals surface area contributed by atoms with Crippen molar-refractivity contribution in [2.45, 2.75) is 39.8 Å². The Morgan fingerprint density at radius 2 is 2.04 bits per heavy atom. The Bertz CT molecular complexity index is 1000. The molecule has 0 saturated heterocycles. The van der Waals surface area contributed by atoms with E-state index in [1.54, 1.807) is 24.5 Å². The predicted molar refractivity (Wildman–Crippen MR) is 93.2 cm³/mol. The van der Waals surface area contributed by atoms with E-state index >= 15 is 0 Å². The van der Waals surface area contributed by atoms with Gasteiger partial charge in [0, 0.05) is 18.4 Å². The third kappa shape index (κ3) is 3.31. The number of carbonyl (C=O) groups is 1. The third-order valence-corrected chi connectivity index (χ3v) is 4.03. The number of aromatic nitrogens is 3. The van der Waals surface area contributed by atoms with E-state index in [9.17, 15) is 9.59 Å². The first-order chi connectivity index (χ1) is 11.8. The highest BCUT2D eigenvalue weighted by Gasteiger charge is 2.27. The summed E-state index contributed by atoms with van der Waals surface area (Å²) in [5, 5.41) is 7.72. The van der Waals surface area contributed by atoms with Crippen molar-refractivity contribution in [2.24, 2.45) is 0 Å². The minimum atomic E-state index is -0.756. The Balaban J connectivity index is 1.98. The van der Waals surface area contributed by atoms with Crippen LogP contribution >= 0.6 is 0 Å². The Hall–Kier alpha value is -2.96. The lowest BCUT2D eigenvalue weighted by Crippen LogP contribution is -2.40. The Labute approximate surface area is 144 Å². The summed E-state index contributed by atoms with van der Waals surface area (Å²) in [6, 6.07) is 9.28. The highest BCUT2D eigenvalue weighted by Crippen LogP contribution is 2.19. The Morgan fingerprint density at radius 3 is 2.76 bits per heavy atom. The second-order valence-corrected chi connectivity index (χ2v) is 6.59. The van der Waals surface area contributed by atoms with Crippen molar-refractivity contribution in [1.29, 1.82) is 0 Å². The maximum absolute atomic E-state index is 12.4. The summed E-state index contributed by atoms with van der Waals surface area (Å²) in [5.41, 5.74) is 0.855. The van der Waals surface area contributed by atoms with Crippen LogP contribution in [0, 0.1) is 6.92 Å². The van der Waals surface area contributed by atoms with Gasteiger partial charge >= 0.3 is 0 Å². The first-order valence-electron chi connectivity index (χ1n) is 7.99. The topological polar surface area (TPSA) is 90.0 Å². The van der Waals surface area contributed by atoms with Gasteiger partial charge in [-0.2, -0.15) is 4.98 Å². The molecule has 0 bridgehead atoms. The van der Waals surface area contributed by atoms with Crippen molar-refractivity contribution in [3.63, 3.8) is 0 Å². The van der Waals surface area contributed by atoms with Crippen molar-refractivity contribution >= 4 is 16.8 Å². The maximum atomic E-state index is 12.4. The van der Waals surface area contributed by atoms with E-state index < -0.39 is 5.54 Å². The molecule has 1 N–H and O–H groups in total. The van der Waals surface area contributed by atoms with Crippen LogP contribution in [0.1, 0.15) is 38.0 Å². The minimum Gasteiger partial charge on any atom is -0.344 e. The van der Waals surface area contributed by atoms with Crippen LogP contribution in [-0.4, -0.2) is 20.6 Å². The Kier molecular flexibility index (Phi) is 4.16. The molecule has 0 fully saturated rings. The third-order valence-electron chi connectivity index (χ3n) is 4.03. The number of benzene rings is 1. The van der Waals surface area contributed by atoms with E-state index in [1.807, 2.05) is 31.2 Å². The van der Waals surface area contributed by atoms with Crippen LogP contribution < -0.4 is 10.9 Å². The first kappa shape index (κ1) is 16.9. The van der Waals surface area contributed by atoms with Crippen LogP contribution in [0.5, 0.6) is 0 Å². The Morgan fingerprint density at radius 1 is 1.32 bits per heavy atom. The van der Waals surface area contributed by atoms with Crippen LogP contribution in [0.3, 0.4) is 0 Å². The minimum absolute atomic E-state index is 0.128. The number of para-hydroxylation sites is 1. The van der Waals surface area contributed by atoms with E-state index in [1.165, 1.54) is 6.92 Å². The van der Waals surface area contributed by atoms with Gasteiger partial charge in [0.2, 0.25) is 11.8 Å². The van der Waals surface area contributed by atoms with E-state index in [-0.39, 0.29) is 18.0 Å². The lowest BCUT2D eigenvalue weighted by molar-refractivity contribution is -0.120. The summed E-state index contributed by atoms with van der Waals surface area (Å²) < 4.78 is 6.90. The highest BCUT2D eigenvalue weighted by atomic mass is 16.5. The molecule has 0 aliphatic rings. The van der Waals surface area contributed by atoms with Crippen LogP contribution in [-0.2, 0) is 16.9 Å². The molecule has 1 amide bonds. The first-order valence-corrected chi connectivity index (χ1v) is 7.99. The van der Waals surface area contributed by atoms with Gasteiger partial charge in [0.15, 0.2) is 5.82 Å². The van der Waals surface area contributed by atoms with Gasteiger partial charge in [-0.25, -0.2) is 0 Å². The lowest BCUT2D eigenvalue weighted by atomic mass is 10.1. The number of rotatable bonds is 4. The molecule has 0 aliphatic heterocycles. The van der Waals surface area contributed by atoms with Gasteiger partial charge in [0.1, 0.15) is 6.54 Å². The van der Waals surface area contributed by atoms with E-state index in [0.29, 0.717) is 11.7 Å². The van der Waals surface area contributed by atoms with Gasteiger partial charge in [-0.1, -0.05) is 23.4 Å². The van der Waals surface area contributed by atoms with Crippen molar-refractivity contribution in [2.75, 3.05) is 0 Å². The standard InChI is InChI=1S/C18H20N4O3/c1-11-9-16(24)22(14-8-6-5-7-13(11)14)10-15-19-17(21-25-15)18(3,4)20-12(2)23/h5-9H,10H2,1-4H3,(H,20,23). The number of pyridine rings is 1. The van der Waals surface area contributed by atoms with Gasteiger partial charge in [-0.3, -0.25) is 14.2 Å². The molecule has 7 heteroatoms. The summed E-state index contributed by atoms with van der Waals surface area (Å²) in [5.74, 6) is 0.490. The summed E-state index contributed by atoms with van der Waals surface area (Å²) in [6.45, 7) is 7.09. The zero-order chi connectivity index (χ0) is 18.2. The smallest absolute Gasteiger partial charge is 0.251 e. The average molecular weight is 340 g/mol. The highest BCUT2D eigenvalue weighted by molar-refractivity contribution is 5.82. The molecular formula is C18H20N4O3. The molecule has 1 aromatic carbocycles. The molecule has 130 valence electrons. The zero-order valence-electron chi connectivity index (χ0n) is 14.7. The second kappa shape index (κ2) is 6.16. The van der Waals surface area contributed by atoms with Gasteiger partial charge < -0.3 is 9.84 Å². The molecular weight excluding hydrogens is 320 g/mol. The van der Waals surface area contributed by atoms with Gasteiger partial charge in [0.05, 0.1) is 11.1 Å². The fraction of sp³-hybridized carbons (Fsp3) is 0.333. The molecule has 0 aliphatic carbocycles. The van der Waals surface area contributed by atoms with Crippen LogP contribution in [0.2, 0.25) is 0 Å². The quantitative estimate of drug-likeness (QED) is 0.785. The number of hydrogen-bond donors (Lipinski definition) is 1.